The highest BCUT2D eigenvalue weighted by molar-refractivity contribution is 7.89. The number of nitrogens with zero attached hydrogens (tertiary/aromatic N) is 4. The van der Waals surface area contributed by atoms with E-state index in [9.17, 15) is 13.2 Å². The monoisotopic (exact) mass is 517 g/mol. The van der Waals surface area contributed by atoms with E-state index in [-0.39, 0.29) is 24.6 Å². The van der Waals surface area contributed by atoms with E-state index in [1.54, 1.807) is 60.7 Å². The molecule has 2 aromatic rings. The van der Waals surface area contributed by atoms with Crippen molar-refractivity contribution in [2.24, 2.45) is 5.73 Å². The van der Waals surface area contributed by atoms with Crippen LogP contribution < -0.4 is 5.73 Å². The summed E-state index contributed by atoms with van der Waals surface area (Å²) in [5.41, 5.74) is 8.69. The highest BCUT2D eigenvalue weighted by Gasteiger charge is 2.33. The van der Waals surface area contributed by atoms with Gasteiger partial charge >= 0.3 is 0 Å². The minimum Gasteiger partial charge on any atom is -0.330 e. The Morgan fingerprint density at radius 2 is 1.35 bits per heavy atom. The molecule has 3 rings (SSSR count). The molecule has 2 N–H and O–H groups in total. The molecule has 0 aromatic heterocycles. The SMILES string of the molecule is CN(CCCN)CCCS(=O)(=O)N1C/C(=C\c2ccc(C#N)cc2)C(=O)/C(=C/c2ccc(C#N)cc2)C1. The molecule has 9 heteroatoms. The molecular weight excluding hydrogens is 486 g/mol. The van der Waals surface area contributed by atoms with Gasteiger partial charge in [-0.25, -0.2) is 8.42 Å². The third-order valence-electron chi connectivity index (χ3n) is 6.12. The van der Waals surface area contributed by atoms with Crippen molar-refractivity contribution in [1.29, 1.82) is 10.5 Å². The lowest BCUT2D eigenvalue weighted by atomic mass is 9.95. The Morgan fingerprint density at radius 1 is 0.892 bits per heavy atom. The van der Waals surface area contributed by atoms with E-state index in [4.69, 9.17) is 16.3 Å². The van der Waals surface area contributed by atoms with Crippen molar-refractivity contribution < 1.29 is 13.2 Å². The Bertz CT molecular complexity index is 1270. The summed E-state index contributed by atoms with van der Waals surface area (Å²) < 4.78 is 28.0. The van der Waals surface area contributed by atoms with Gasteiger partial charge in [0.05, 0.1) is 29.0 Å². The predicted molar refractivity (Wildman–Crippen MR) is 144 cm³/mol. The number of piperidine rings is 1. The smallest absolute Gasteiger partial charge is 0.214 e. The maximum atomic E-state index is 13.4. The normalized spacial score (nSPS) is 16.7. The summed E-state index contributed by atoms with van der Waals surface area (Å²) >= 11 is 0. The highest BCUT2D eigenvalue weighted by Crippen LogP contribution is 2.25. The molecule has 0 radical (unpaired) electrons. The van der Waals surface area contributed by atoms with Crippen LogP contribution in [0.3, 0.4) is 0 Å². The first-order chi connectivity index (χ1) is 17.7. The summed E-state index contributed by atoms with van der Waals surface area (Å²) in [4.78, 5) is 15.4. The summed E-state index contributed by atoms with van der Waals surface area (Å²) in [5.74, 6) is -0.246. The van der Waals surface area contributed by atoms with Crippen LogP contribution in [0.2, 0.25) is 0 Å². The van der Waals surface area contributed by atoms with Crippen molar-refractivity contribution in [2.45, 2.75) is 12.8 Å². The molecule has 1 fully saturated rings. The third-order valence-corrected chi connectivity index (χ3v) is 7.97. The van der Waals surface area contributed by atoms with E-state index in [2.05, 4.69) is 17.0 Å². The van der Waals surface area contributed by atoms with Gasteiger partial charge in [0.1, 0.15) is 0 Å². The molecule has 0 atom stereocenters. The maximum absolute atomic E-state index is 13.4. The van der Waals surface area contributed by atoms with E-state index in [0.717, 1.165) is 13.0 Å². The molecule has 8 nitrogen and oxygen atoms in total. The summed E-state index contributed by atoms with van der Waals surface area (Å²) in [6.45, 7) is 1.99. The topological polar surface area (TPSA) is 131 Å². The molecule has 1 heterocycles. The summed E-state index contributed by atoms with van der Waals surface area (Å²) in [6, 6.07) is 17.7. The quantitative estimate of drug-likeness (QED) is 0.479. The van der Waals surface area contributed by atoms with Crippen LogP contribution in [-0.4, -0.2) is 68.9 Å². The van der Waals surface area contributed by atoms with Gasteiger partial charge in [0.25, 0.3) is 0 Å². The molecule has 37 heavy (non-hydrogen) atoms. The number of carbonyl (C=O) groups excluding carboxylic acids is 1. The van der Waals surface area contributed by atoms with Crippen molar-refractivity contribution in [3.05, 3.63) is 81.9 Å². The van der Waals surface area contributed by atoms with Crippen LogP contribution in [-0.2, 0) is 14.8 Å². The number of carbonyl (C=O) groups is 1. The molecule has 1 aliphatic rings. The fourth-order valence-corrected chi connectivity index (χ4v) is 5.46. The average Bonchev–Trinajstić information content (AvgIpc) is 2.90. The number of Topliss-reactive ketones (excluding diaryl/α,β-unsaturated/α-hetero) is 1. The van der Waals surface area contributed by atoms with Gasteiger partial charge in [0, 0.05) is 24.2 Å². The number of sulfonamides is 1. The maximum Gasteiger partial charge on any atom is 0.214 e. The van der Waals surface area contributed by atoms with Gasteiger partial charge in [0.2, 0.25) is 10.0 Å². The zero-order valence-corrected chi connectivity index (χ0v) is 21.7. The van der Waals surface area contributed by atoms with Crippen molar-refractivity contribution >= 4 is 28.0 Å². The Kier molecular flexibility index (Phi) is 9.90. The number of nitrogens with two attached hydrogens (primary N) is 1. The van der Waals surface area contributed by atoms with Crippen LogP contribution in [0.4, 0.5) is 0 Å². The number of rotatable bonds is 10. The van der Waals surface area contributed by atoms with Crippen molar-refractivity contribution in [3.63, 3.8) is 0 Å². The third kappa shape index (κ3) is 7.94. The van der Waals surface area contributed by atoms with Crippen LogP contribution in [0.5, 0.6) is 0 Å². The molecule has 1 aliphatic heterocycles. The lowest BCUT2D eigenvalue weighted by Crippen LogP contribution is -2.43. The molecule has 0 spiro atoms. The van der Waals surface area contributed by atoms with Crippen LogP contribution >= 0.6 is 0 Å². The van der Waals surface area contributed by atoms with Crippen molar-refractivity contribution in [2.75, 3.05) is 45.5 Å². The first kappa shape index (κ1) is 28.0. The molecule has 1 saturated heterocycles. The fourth-order valence-electron chi connectivity index (χ4n) is 4.03. The lowest BCUT2D eigenvalue weighted by molar-refractivity contribution is -0.113. The van der Waals surface area contributed by atoms with E-state index in [0.29, 0.717) is 52.9 Å². The van der Waals surface area contributed by atoms with Gasteiger partial charge in [-0.15, -0.1) is 0 Å². The van der Waals surface area contributed by atoms with Gasteiger partial charge < -0.3 is 10.6 Å². The average molecular weight is 518 g/mol. The number of hydrogen-bond donors (Lipinski definition) is 1. The van der Waals surface area contributed by atoms with Gasteiger partial charge in [-0.3, -0.25) is 4.79 Å². The van der Waals surface area contributed by atoms with Crippen LogP contribution in [0.15, 0.2) is 59.7 Å². The van der Waals surface area contributed by atoms with E-state index >= 15 is 0 Å². The zero-order valence-electron chi connectivity index (χ0n) is 20.9. The fraction of sp³-hybridized carbons (Fsp3) is 0.321. The number of hydrogen-bond acceptors (Lipinski definition) is 7. The van der Waals surface area contributed by atoms with Crippen LogP contribution in [0, 0.1) is 22.7 Å². The first-order valence-corrected chi connectivity index (χ1v) is 13.7. The Hall–Kier alpha value is -3.60. The van der Waals surface area contributed by atoms with E-state index in [1.165, 1.54) is 4.31 Å². The Balaban J connectivity index is 1.88. The number of nitriles is 2. The minimum atomic E-state index is -3.63. The van der Waals surface area contributed by atoms with E-state index in [1.807, 2.05) is 7.05 Å². The van der Waals surface area contributed by atoms with Crippen molar-refractivity contribution in [3.8, 4) is 12.1 Å². The van der Waals surface area contributed by atoms with Crippen LogP contribution in [0.1, 0.15) is 35.1 Å². The molecule has 0 unspecified atom stereocenters. The Labute approximate surface area is 219 Å². The molecule has 0 saturated carbocycles. The van der Waals surface area contributed by atoms with Crippen LogP contribution in [0.25, 0.3) is 12.2 Å². The number of benzene rings is 2. The lowest BCUT2D eigenvalue weighted by Gasteiger charge is -2.29. The second-order valence-electron chi connectivity index (χ2n) is 9.02. The van der Waals surface area contributed by atoms with Gasteiger partial charge in [-0.05, 0) is 87.1 Å². The molecule has 0 aliphatic carbocycles. The minimum absolute atomic E-state index is 0.0190. The summed E-state index contributed by atoms with van der Waals surface area (Å²) in [7, 11) is -1.69. The first-order valence-electron chi connectivity index (χ1n) is 12.1. The van der Waals surface area contributed by atoms with Crippen molar-refractivity contribution in [1.82, 2.24) is 9.21 Å². The molecule has 0 amide bonds. The van der Waals surface area contributed by atoms with Gasteiger partial charge in [0.15, 0.2) is 5.78 Å². The van der Waals surface area contributed by atoms with Gasteiger partial charge in [-0.1, -0.05) is 24.3 Å². The largest absolute Gasteiger partial charge is 0.330 e. The summed E-state index contributed by atoms with van der Waals surface area (Å²) in [5, 5.41) is 18.1. The second kappa shape index (κ2) is 13.1. The highest BCUT2D eigenvalue weighted by atomic mass is 32.2. The second-order valence-corrected chi connectivity index (χ2v) is 11.1. The van der Waals surface area contributed by atoms with E-state index < -0.39 is 10.0 Å². The molecule has 2 aromatic carbocycles. The molecular formula is C28H31N5O3S. The van der Waals surface area contributed by atoms with Gasteiger partial charge in [-0.2, -0.15) is 14.8 Å². The molecule has 192 valence electrons. The predicted octanol–water partition coefficient (Wildman–Crippen LogP) is 2.78. The standard InChI is InChI=1S/C28H31N5O3S/c1-32(13-2-12-29)14-3-15-37(35,36)33-20-26(16-22-4-8-24(18-30)9-5-22)28(34)27(21-33)17-23-6-10-25(19-31)11-7-23/h4-11,16-17H,2-3,12-15,20-21,29H2,1H3/b26-16+,27-17+. The zero-order chi connectivity index (χ0) is 26.8. The summed E-state index contributed by atoms with van der Waals surface area (Å²) in [6.07, 6.45) is 4.68. The molecule has 0 bridgehead atoms. The number of ketones is 1. The Morgan fingerprint density at radius 3 is 1.78 bits per heavy atom.